The summed E-state index contributed by atoms with van der Waals surface area (Å²) in [6, 6.07) is -0.449. The maximum absolute atomic E-state index is 12.6. The summed E-state index contributed by atoms with van der Waals surface area (Å²) in [6.45, 7) is 0.560. The molecule has 0 unspecified atom stereocenters. The Morgan fingerprint density at radius 3 is 2.60 bits per heavy atom. The smallest absolute Gasteiger partial charge is 0.347 e. The van der Waals surface area contributed by atoms with Gasteiger partial charge in [-0.2, -0.15) is 4.31 Å². The summed E-state index contributed by atoms with van der Waals surface area (Å²) >= 11 is 0.787. The van der Waals surface area contributed by atoms with Gasteiger partial charge in [-0.05, 0) is 30.7 Å². The number of rotatable bonds is 6. The zero-order chi connectivity index (χ0) is 15.1. The molecule has 0 amide bonds. The van der Waals surface area contributed by atoms with Crippen molar-refractivity contribution in [1.82, 2.24) is 4.31 Å². The summed E-state index contributed by atoms with van der Waals surface area (Å²) in [5, 5.41) is 10.4. The van der Waals surface area contributed by atoms with Gasteiger partial charge in [-0.25, -0.2) is 22.0 Å². The molecule has 1 aliphatic carbocycles. The average Bonchev–Trinajstić information content (AvgIpc) is 3.07. The number of aromatic carboxylic acids is 1. The molecule has 0 atom stereocenters. The Balaban J connectivity index is 2.48. The molecule has 9 heteroatoms. The number of carboxylic acids is 1. The van der Waals surface area contributed by atoms with Gasteiger partial charge in [0.2, 0.25) is 10.0 Å². The molecule has 0 bridgehead atoms. The van der Waals surface area contributed by atoms with E-state index < -0.39 is 35.0 Å². The molecule has 0 aromatic carbocycles. The molecule has 1 aromatic rings. The van der Waals surface area contributed by atoms with Gasteiger partial charge in [-0.3, -0.25) is 0 Å². The number of carboxylic acid groups (broad SMARTS) is 1. The Bertz CT molecular complexity index is 622. The minimum Gasteiger partial charge on any atom is -0.477 e. The fourth-order valence-corrected chi connectivity index (χ4v) is 5.21. The van der Waals surface area contributed by atoms with Crippen molar-refractivity contribution in [3.8, 4) is 0 Å². The lowest BCUT2D eigenvalue weighted by Gasteiger charge is -2.21. The van der Waals surface area contributed by atoms with Crippen molar-refractivity contribution >= 4 is 27.3 Å². The van der Waals surface area contributed by atoms with Gasteiger partial charge in [0.05, 0.1) is 6.54 Å². The van der Waals surface area contributed by atoms with Crippen LogP contribution in [0.25, 0.3) is 0 Å². The van der Waals surface area contributed by atoms with Gasteiger partial charge < -0.3 is 5.11 Å². The maximum atomic E-state index is 12.6. The predicted molar refractivity (Wildman–Crippen MR) is 68.9 cm³/mol. The second-order valence-corrected chi connectivity index (χ2v) is 7.29. The van der Waals surface area contributed by atoms with Crippen LogP contribution in [0.15, 0.2) is 10.3 Å². The second kappa shape index (κ2) is 5.38. The number of aryl methyl sites for hydroxylation is 1. The van der Waals surface area contributed by atoms with Gasteiger partial charge in [0.1, 0.15) is 9.77 Å². The number of sulfonamides is 1. The zero-order valence-electron chi connectivity index (χ0n) is 10.5. The highest BCUT2D eigenvalue weighted by molar-refractivity contribution is 7.89. The Morgan fingerprint density at radius 2 is 2.15 bits per heavy atom. The van der Waals surface area contributed by atoms with Crippen LogP contribution < -0.4 is 0 Å². The Morgan fingerprint density at radius 1 is 1.55 bits per heavy atom. The van der Waals surface area contributed by atoms with Crippen LogP contribution >= 0.6 is 11.3 Å². The van der Waals surface area contributed by atoms with E-state index in [0.717, 1.165) is 15.6 Å². The number of hydrogen-bond acceptors (Lipinski definition) is 4. The molecule has 1 aliphatic rings. The first-order valence-electron chi connectivity index (χ1n) is 5.86. The highest BCUT2D eigenvalue weighted by Crippen LogP contribution is 2.36. The van der Waals surface area contributed by atoms with Crippen LogP contribution in [0.1, 0.15) is 28.1 Å². The minimum absolute atomic E-state index is 0.271. The van der Waals surface area contributed by atoms with Gasteiger partial charge in [0, 0.05) is 6.04 Å². The van der Waals surface area contributed by atoms with Crippen molar-refractivity contribution in [3.63, 3.8) is 0 Å². The Kier molecular flexibility index (Phi) is 4.12. The van der Waals surface area contributed by atoms with Crippen molar-refractivity contribution in [2.24, 2.45) is 0 Å². The van der Waals surface area contributed by atoms with Gasteiger partial charge >= 0.3 is 5.97 Å². The Hall–Kier alpha value is -1.06. The molecule has 0 saturated heterocycles. The zero-order valence-corrected chi connectivity index (χ0v) is 12.2. The van der Waals surface area contributed by atoms with Crippen molar-refractivity contribution in [2.45, 2.75) is 37.1 Å². The third-order valence-electron chi connectivity index (χ3n) is 2.95. The number of nitrogens with zero attached hydrogens (tertiary/aromatic N) is 1. The van der Waals surface area contributed by atoms with E-state index in [2.05, 4.69) is 0 Å². The van der Waals surface area contributed by atoms with Crippen molar-refractivity contribution in [1.29, 1.82) is 0 Å². The number of thiophene rings is 1. The third-order valence-corrected chi connectivity index (χ3v) is 6.27. The van der Waals surface area contributed by atoms with Gasteiger partial charge in [-0.15, -0.1) is 11.3 Å². The third kappa shape index (κ3) is 2.84. The highest BCUT2D eigenvalue weighted by Gasteiger charge is 2.42. The van der Waals surface area contributed by atoms with E-state index in [4.69, 9.17) is 5.11 Å². The van der Waals surface area contributed by atoms with Crippen LogP contribution in [0.3, 0.4) is 0 Å². The molecule has 2 rings (SSSR count). The molecule has 1 N–H and O–H groups in total. The van der Waals surface area contributed by atoms with E-state index in [0.29, 0.717) is 12.8 Å². The standard InChI is InChI=1S/C11H13F2NO4S2/c1-6-5-19-9(11(15)16)10(6)20(17,18)14(4-8(12)13)7-2-3-7/h5,7-8H,2-4H2,1H3,(H,15,16). The van der Waals surface area contributed by atoms with Crippen LogP contribution in [0.2, 0.25) is 0 Å². The topological polar surface area (TPSA) is 74.7 Å². The summed E-state index contributed by atoms with van der Waals surface area (Å²) in [5.74, 6) is -1.37. The molecule has 1 aromatic heterocycles. The van der Waals surface area contributed by atoms with E-state index in [9.17, 15) is 22.0 Å². The maximum Gasteiger partial charge on any atom is 0.347 e. The molecule has 5 nitrogen and oxygen atoms in total. The first-order valence-corrected chi connectivity index (χ1v) is 8.18. The molecule has 0 spiro atoms. The van der Waals surface area contributed by atoms with Crippen LogP contribution in [-0.4, -0.2) is 42.8 Å². The van der Waals surface area contributed by atoms with E-state index in [1.54, 1.807) is 0 Å². The quantitative estimate of drug-likeness (QED) is 0.870. The fraction of sp³-hybridized carbons (Fsp3) is 0.545. The van der Waals surface area contributed by atoms with Crippen molar-refractivity contribution < 1.29 is 27.1 Å². The van der Waals surface area contributed by atoms with Gasteiger partial charge in [0.25, 0.3) is 6.43 Å². The van der Waals surface area contributed by atoms with Crippen molar-refractivity contribution in [3.05, 3.63) is 15.8 Å². The average molecular weight is 325 g/mol. The number of carbonyl (C=O) groups is 1. The molecule has 1 saturated carbocycles. The summed E-state index contributed by atoms with van der Waals surface area (Å²) in [4.78, 5) is 10.4. The molecule has 112 valence electrons. The molecule has 0 aliphatic heterocycles. The molecular formula is C11H13F2NO4S2. The summed E-state index contributed by atoms with van der Waals surface area (Å²) in [7, 11) is -4.21. The van der Waals surface area contributed by atoms with Crippen LogP contribution in [0.4, 0.5) is 8.78 Å². The highest BCUT2D eigenvalue weighted by atomic mass is 32.2. The molecular weight excluding hydrogens is 312 g/mol. The lowest BCUT2D eigenvalue weighted by atomic mass is 10.3. The summed E-state index contributed by atoms with van der Waals surface area (Å²) in [6.07, 6.45) is -1.74. The lowest BCUT2D eigenvalue weighted by Crippen LogP contribution is -2.37. The minimum atomic E-state index is -4.21. The van der Waals surface area contributed by atoms with E-state index in [1.165, 1.54) is 12.3 Å². The van der Waals surface area contributed by atoms with Crippen LogP contribution in [0, 0.1) is 6.92 Å². The van der Waals surface area contributed by atoms with E-state index in [-0.39, 0.29) is 15.3 Å². The Labute approximate surface area is 118 Å². The molecule has 1 fully saturated rings. The summed E-state index contributed by atoms with van der Waals surface area (Å²) < 4.78 is 50.9. The van der Waals surface area contributed by atoms with E-state index >= 15 is 0 Å². The molecule has 0 radical (unpaired) electrons. The number of halogens is 2. The first-order chi connectivity index (χ1) is 9.25. The molecule has 20 heavy (non-hydrogen) atoms. The summed E-state index contributed by atoms with van der Waals surface area (Å²) in [5.41, 5.74) is 0.271. The second-order valence-electron chi connectivity index (χ2n) is 4.58. The van der Waals surface area contributed by atoms with Crippen LogP contribution in [0.5, 0.6) is 0 Å². The largest absolute Gasteiger partial charge is 0.477 e. The lowest BCUT2D eigenvalue weighted by molar-refractivity contribution is 0.0698. The SMILES string of the molecule is Cc1csc(C(=O)O)c1S(=O)(=O)N(CC(F)F)C1CC1. The van der Waals surface area contributed by atoms with Crippen LogP contribution in [-0.2, 0) is 10.0 Å². The normalized spacial score (nSPS) is 16.1. The van der Waals surface area contributed by atoms with Gasteiger partial charge in [-0.1, -0.05) is 0 Å². The fourth-order valence-electron chi connectivity index (χ4n) is 1.96. The van der Waals surface area contributed by atoms with Crippen molar-refractivity contribution in [2.75, 3.05) is 6.54 Å². The predicted octanol–water partition coefficient (Wildman–Crippen LogP) is 2.17. The first kappa shape index (κ1) is 15.3. The number of hydrogen-bond donors (Lipinski definition) is 1. The van der Waals surface area contributed by atoms with Gasteiger partial charge in [0.15, 0.2) is 0 Å². The molecule has 1 heterocycles. The van der Waals surface area contributed by atoms with E-state index in [1.807, 2.05) is 0 Å². The monoisotopic (exact) mass is 325 g/mol. The number of alkyl halides is 2.